The molecule has 108 valence electrons. The van der Waals surface area contributed by atoms with Crippen LogP contribution in [-0.4, -0.2) is 6.54 Å². The zero-order valence-corrected chi connectivity index (χ0v) is 11.8. The molecule has 0 amide bonds. The van der Waals surface area contributed by atoms with Crippen LogP contribution in [-0.2, 0) is 6.18 Å². The van der Waals surface area contributed by atoms with E-state index >= 15 is 0 Å². The van der Waals surface area contributed by atoms with E-state index in [1.165, 1.54) is 17.4 Å². The van der Waals surface area contributed by atoms with Crippen molar-refractivity contribution in [3.05, 3.63) is 51.2 Å². The van der Waals surface area contributed by atoms with E-state index in [2.05, 4.69) is 5.32 Å². The molecule has 1 aromatic carbocycles. The number of anilines is 1. The molecule has 7 heteroatoms. The monoisotopic (exact) mass is 320 g/mol. The van der Waals surface area contributed by atoms with Crippen LogP contribution in [0.1, 0.15) is 17.2 Å². The minimum Gasteiger partial charge on any atom is -0.377 e. The first-order valence-electron chi connectivity index (χ1n) is 5.76. The van der Waals surface area contributed by atoms with Gasteiger partial charge in [-0.3, -0.25) is 0 Å². The maximum atomic E-state index is 12.7. The SMILES string of the molecule is NCC(Nc1cc(Cl)cc(C(F)(F)F)c1)c1ccsc1. The molecule has 0 aliphatic carbocycles. The Labute approximate surface area is 123 Å². The van der Waals surface area contributed by atoms with Gasteiger partial charge in [0.1, 0.15) is 0 Å². The number of alkyl halides is 3. The fourth-order valence-corrected chi connectivity index (χ4v) is 2.74. The van der Waals surface area contributed by atoms with Gasteiger partial charge in [0.15, 0.2) is 0 Å². The Balaban J connectivity index is 2.27. The highest BCUT2D eigenvalue weighted by atomic mass is 35.5. The van der Waals surface area contributed by atoms with E-state index in [1.54, 1.807) is 0 Å². The molecule has 1 heterocycles. The summed E-state index contributed by atoms with van der Waals surface area (Å²) in [5.74, 6) is 0. The normalized spacial score (nSPS) is 13.2. The van der Waals surface area contributed by atoms with Crippen molar-refractivity contribution in [1.29, 1.82) is 0 Å². The molecule has 0 aliphatic rings. The third-order valence-corrected chi connectivity index (χ3v) is 3.67. The summed E-state index contributed by atoms with van der Waals surface area (Å²) in [6.45, 7) is 0.268. The molecule has 0 aliphatic heterocycles. The summed E-state index contributed by atoms with van der Waals surface area (Å²) in [5, 5.41) is 6.80. The van der Waals surface area contributed by atoms with Crippen LogP contribution in [0.25, 0.3) is 0 Å². The van der Waals surface area contributed by atoms with Crippen LogP contribution in [0, 0.1) is 0 Å². The highest BCUT2D eigenvalue weighted by Gasteiger charge is 2.31. The van der Waals surface area contributed by atoms with Gasteiger partial charge < -0.3 is 11.1 Å². The summed E-state index contributed by atoms with van der Waals surface area (Å²) in [5.41, 5.74) is 6.11. The Hall–Kier alpha value is -1.24. The zero-order valence-electron chi connectivity index (χ0n) is 10.2. The first-order chi connectivity index (χ1) is 9.40. The van der Waals surface area contributed by atoms with E-state index in [9.17, 15) is 13.2 Å². The van der Waals surface area contributed by atoms with Crippen LogP contribution >= 0.6 is 22.9 Å². The minimum absolute atomic E-state index is 0.0309. The summed E-state index contributed by atoms with van der Waals surface area (Å²) in [6.07, 6.45) is -4.43. The van der Waals surface area contributed by atoms with Crippen molar-refractivity contribution in [2.75, 3.05) is 11.9 Å². The number of hydrogen-bond donors (Lipinski definition) is 2. The molecule has 0 radical (unpaired) electrons. The maximum absolute atomic E-state index is 12.7. The van der Waals surface area contributed by atoms with Crippen molar-refractivity contribution in [3.8, 4) is 0 Å². The predicted molar refractivity (Wildman–Crippen MR) is 76.2 cm³/mol. The van der Waals surface area contributed by atoms with Crippen molar-refractivity contribution < 1.29 is 13.2 Å². The fraction of sp³-hybridized carbons (Fsp3) is 0.231. The molecular formula is C13H12ClF3N2S. The van der Waals surface area contributed by atoms with Crippen molar-refractivity contribution in [1.82, 2.24) is 0 Å². The lowest BCUT2D eigenvalue weighted by Crippen LogP contribution is -2.20. The van der Waals surface area contributed by atoms with Crippen LogP contribution < -0.4 is 11.1 Å². The molecule has 2 aromatic rings. The lowest BCUT2D eigenvalue weighted by atomic mass is 10.1. The third-order valence-electron chi connectivity index (χ3n) is 2.75. The van der Waals surface area contributed by atoms with Crippen molar-refractivity contribution in [2.45, 2.75) is 12.2 Å². The molecule has 1 atom stereocenters. The van der Waals surface area contributed by atoms with Gasteiger partial charge in [-0.2, -0.15) is 24.5 Å². The number of thiophene rings is 1. The Morgan fingerprint density at radius 3 is 2.60 bits per heavy atom. The Kier molecular flexibility index (Phi) is 4.57. The Bertz CT molecular complexity index is 569. The van der Waals surface area contributed by atoms with E-state index in [4.69, 9.17) is 17.3 Å². The molecule has 0 saturated heterocycles. The first kappa shape index (κ1) is 15.2. The van der Waals surface area contributed by atoms with Crippen LogP contribution in [0.15, 0.2) is 35.0 Å². The summed E-state index contributed by atoms with van der Waals surface area (Å²) < 4.78 is 38.2. The maximum Gasteiger partial charge on any atom is 0.416 e. The molecular weight excluding hydrogens is 309 g/mol. The minimum atomic E-state index is -4.43. The highest BCUT2D eigenvalue weighted by Crippen LogP contribution is 2.34. The molecule has 0 fully saturated rings. The number of halogens is 4. The van der Waals surface area contributed by atoms with Gasteiger partial charge in [-0.15, -0.1) is 0 Å². The van der Waals surface area contributed by atoms with Crippen LogP contribution in [0.2, 0.25) is 5.02 Å². The number of hydrogen-bond acceptors (Lipinski definition) is 3. The van der Waals surface area contributed by atoms with Gasteiger partial charge in [-0.1, -0.05) is 11.6 Å². The molecule has 2 nitrogen and oxygen atoms in total. The molecule has 1 unspecified atom stereocenters. The second-order valence-corrected chi connectivity index (χ2v) is 5.43. The van der Waals surface area contributed by atoms with Gasteiger partial charge in [-0.25, -0.2) is 0 Å². The molecule has 3 N–H and O–H groups in total. The van der Waals surface area contributed by atoms with Gasteiger partial charge in [-0.05, 0) is 40.6 Å². The molecule has 1 aromatic heterocycles. The van der Waals surface area contributed by atoms with E-state index in [-0.39, 0.29) is 17.6 Å². The van der Waals surface area contributed by atoms with Gasteiger partial charge in [0.05, 0.1) is 11.6 Å². The number of benzene rings is 1. The van der Waals surface area contributed by atoms with Gasteiger partial charge >= 0.3 is 6.18 Å². The average Bonchev–Trinajstić information content (AvgIpc) is 2.88. The van der Waals surface area contributed by atoms with E-state index < -0.39 is 11.7 Å². The topological polar surface area (TPSA) is 38.0 Å². The Morgan fingerprint density at radius 1 is 1.30 bits per heavy atom. The predicted octanol–water partition coefficient (Wildman–Crippen LogP) is 4.53. The number of rotatable bonds is 4. The molecule has 0 bridgehead atoms. The second kappa shape index (κ2) is 6.03. The third kappa shape index (κ3) is 3.65. The molecule has 20 heavy (non-hydrogen) atoms. The van der Waals surface area contributed by atoms with Gasteiger partial charge in [0, 0.05) is 17.3 Å². The largest absolute Gasteiger partial charge is 0.416 e. The number of nitrogens with two attached hydrogens (primary N) is 1. The summed E-state index contributed by atoms with van der Waals surface area (Å²) in [4.78, 5) is 0. The van der Waals surface area contributed by atoms with Crippen LogP contribution in [0.4, 0.5) is 18.9 Å². The summed E-state index contributed by atoms with van der Waals surface area (Å²) in [7, 11) is 0. The molecule has 0 spiro atoms. The quantitative estimate of drug-likeness (QED) is 0.868. The van der Waals surface area contributed by atoms with Crippen LogP contribution in [0.5, 0.6) is 0 Å². The van der Waals surface area contributed by atoms with Crippen LogP contribution in [0.3, 0.4) is 0 Å². The van der Waals surface area contributed by atoms with Gasteiger partial charge in [0.25, 0.3) is 0 Å². The first-order valence-corrected chi connectivity index (χ1v) is 7.08. The summed E-state index contributed by atoms with van der Waals surface area (Å²) in [6, 6.07) is 5.01. The van der Waals surface area contributed by atoms with E-state index in [0.717, 1.165) is 17.7 Å². The summed E-state index contributed by atoms with van der Waals surface area (Å²) >= 11 is 7.24. The molecule has 2 rings (SSSR count). The van der Waals surface area contributed by atoms with E-state index in [0.29, 0.717) is 5.69 Å². The lowest BCUT2D eigenvalue weighted by molar-refractivity contribution is -0.137. The van der Waals surface area contributed by atoms with Crippen molar-refractivity contribution in [3.63, 3.8) is 0 Å². The Morgan fingerprint density at radius 2 is 2.05 bits per heavy atom. The second-order valence-electron chi connectivity index (χ2n) is 4.22. The van der Waals surface area contributed by atoms with E-state index in [1.807, 2.05) is 16.8 Å². The van der Waals surface area contributed by atoms with Crippen molar-refractivity contribution >= 4 is 28.6 Å². The average molecular weight is 321 g/mol. The van der Waals surface area contributed by atoms with Crippen molar-refractivity contribution in [2.24, 2.45) is 5.73 Å². The number of nitrogens with one attached hydrogen (secondary N) is 1. The molecule has 0 saturated carbocycles. The lowest BCUT2D eigenvalue weighted by Gasteiger charge is -2.18. The van der Waals surface area contributed by atoms with Gasteiger partial charge in [0.2, 0.25) is 0 Å². The highest BCUT2D eigenvalue weighted by molar-refractivity contribution is 7.08. The standard InChI is InChI=1S/C13H12ClF3N2S/c14-10-3-9(13(15,16)17)4-11(5-10)19-12(6-18)8-1-2-20-7-8/h1-5,7,12,19H,6,18H2. The fourth-order valence-electron chi connectivity index (χ4n) is 1.79. The smallest absolute Gasteiger partial charge is 0.377 e. The zero-order chi connectivity index (χ0) is 14.8.